The molecule has 1 aromatic heterocycles. The van der Waals surface area contributed by atoms with Gasteiger partial charge in [0.05, 0.1) is 36.6 Å². The number of nitrogens with zero attached hydrogens (tertiary/aromatic N) is 5. The molecule has 5 rings (SSSR count). The Bertz CT molecular complexity index is 1910. The average molecular weight is 843 g/mol. The Labute approximate surface area is 351 Å². The molecular weight excluding hydrogens is 780 g/mol. The molecule has 1 aromatic carbocycles. The van der Waals surface area contributed by atoms with Crippen molar-refractivity contribution in [3.63, 3.8) is 0 Å². The highest BCUT2D eigenvalue weighted by Crippen LogP contribution is 2.43. The van der Waals surface area contributed by atoms with E-state index in [1.54, 1.807) is 69.8 Å². The van der Waals surface area contributed by atoms with Crippen LogP contribution < -0.4 is 5.73 Å². The summed E-state index contributed by atoms with van der Waals surface area (Å²) in [7, 11) is 5.02. The SMILES string of the molecule is CC[C@H]1OC(=O)[C@@](C)(F)C(=O)[C@H](C)[C@@H](O[C@@H]2O[C@H](C)CC(N(C)C)C2O)[C@](C)(OC)C[C@@H](C)C(=O)[C@H](C)[C@H]2N(C/C=C\Cn3cc(-c4cccc(N)c4)nn3)C(=O)O[C@]12C. The fraction of sp³-hybridized carbons (Fsp3) is 0.674. The first-order valence-electron chi connectivity index (χ1n) is 20.7. The summed E-state index contributed by atoms with van der Waals surface area (Å²) in [5.41, 5.74) is 1.66. The number of aromatic nitrogens is 3. The van der Waals surface area contributed by atoms with Gasteiger partial charge in [-0.1, -0.05) is 57.2 Å². The third-order valence-electron chi connectivity index (χ3n) is 12.7. The number of Topliss-reactive ketones (excluding diaryl/α,β-unsaturated/α-hetero) is 2. The molecule has 3 aliphatic rings. The Morgan fingerprint density at radius 2 is 1.75 bits per heavy atom. The highest BCUT2D eigenvalue weighted by Gasteiger charge is 2.61. The second-order valence-corrected chi connectivity index (χ2v) is 17.5. The van der Waals surface area contributed by atoms with E-state index in [1.165, 1.54) is 18.9 Å². The van der Waals surface area contributed by atoms with Crippen LogP contribution in [0.5, 0.6) is 0 Å². The van der Waals surface area contributed by atoms with Gasteiger partial charge in [0.2, 0.25) is 0 Å². The molecule has 4 heterocycles. The molecule has 60 heavy (non-hydrogen) atoms. The van der Waals surface area contributed by atoms with E-state index in [4.69, 9.17) is 29.4 Å². The summed E-state index contributed by atoms with van der Waals surface area (Å²) in [4.78, 5) is 59.9. The van der Waals surface area contributed by atoms with Gasteiger partial charge in [-0.05, 0) is 73.2 Å². The lowest BCUT2D eigenvalue weighted by molar-refractivity contribution is -0.295. The van der Waals surface area contributed by atoms with E-state index in [1.807, 2.05) is 38.1 Å². The highest BCUT2D eigenvalue weighted by molar-refractivity contribution is 6.08. The molecule has 3 fully saturated rings. The number of likely N-dealkylation sites (N-methyl/N-ethyl adjacent to an activating group) is 1. The Kier molecular flexibility index (Phi) is 14.3. The third kappa shape index (κ3) is 9.29. The topological polar surface area (TPSA) is 198 Å². The number of benzene rings is 1. The zero-order valence-electron chi connectivity index (χ0n) is 36.7. The number of cyclic esters (lactones) is 1. The number of fused-ring (bicyclic) bond motifs is 1. The van der Waals surface area contributed by atoms with Gasteiger partial charge in [0, 0.05) is 48.7 Å². The number of halogens is 1. The summed E-state index contributed by atoms with van der Waals surface area (Å²) in [6.07, 6.45) is -0.305. The molecule has 0 aliphatic carbocycles. The molecule has 0 spiro atoms. The fourth-order valence-corrected chi connectivity index (χ4v) is 9.26. The van der Waals surface area contributed by atoms with Crippen LogP contribution in [0.25, 0.3) is 11.3 Å². The third-order valence-corrected chi connectivity index (χ3v) is 12.7. The first-order chi connectivity index (χ1) is 28.1. The van der Waals surface area contributed by atoms with E-state index in [0.717, 1.165) is 12.5 Å². The number of hydrogen-bond donors (Lipinski definition) is 2. The molecule has 3 N–H and O–H groups in total. The van der Waals surface area contributed by atoms with Crippen molar-refractivity contribution in [2.75, 3.05) is 33.5 Å². The number of amides is 1. The van der Waals surface area contributed by atoms with E-state index < -0.39 is 83.1 Å². The Hall–Kier alpha value is -4.29. The van der Waals surface area contributed by atoms with Crippen LogP contribution in [-0.4, -0.2) is 141 Å². The number of allylic oxidation sites excluding steroid dienone is 1. The summed E-state index contributed by atoms with van der Waals surface area (Å²) >= 11 is 0. The van der Waals surface area contributed by atoms with Crippen molar-refractivity contribution in [3.05, 3.63) is 42.6 Å². The molecule has 332 valence electrons. The van der Waals surface area contributed by atoms with Crippen molar-refractivity contribution in [1.29, 1.82) is 0 Å². The van der Waals surface area contributed by atoms with Crippen molar-refractivity contribution >= 4 is 29.3 Å². The minimum Gasteiger partial charge on any atom is -0.455 e. The predicted molar refractivity (Wildman–Crippen MR) is 219 cm³/mol. The molecule has 2 aromatic rings. The van der Waals surface area contributed by atoms with E-state index >= 15 is 4.39 Å². The zero-order chi connectivity index (χ0) is 44.5. The minimum absolute atomic E-state index is 0.00481. The van der Waals surface area contributed by atoms with Crippen LogP contribution in [0.15, 0.2) is 42.6 Å². The molecule has 2 unspecified atom stereocenters. The number of alkyl halides is 1. The Morgan fingerprint density at radius 1 is 1.07 bits per heavy atom. The van der Waals surface area contributed by atoms with Gasteiger partial charge in [-0.15, -0.1) is 5.10 Å². The second-order valence-electron chi connectivity index (χ2n) is 17.5. The largest absolute Gasteiger partial charge is 0.455 e. The van der Waals surface area contributed by atoms with Gasteiger partial charge < -0.3 is 39.4 Å². The number of aliphatic hydroxyl groups is 1. The number of carbonyl (C=O) groups is 4. The van der Waals surface area contributed by atoms with E-state index in [2.05, 4.69) is 10.3 Å². The zero-order valence-corrected chi connectivity index (χ0v) is 36.7. The van der Waals surface area contributed by atoms with Gasteiger partial charge in [0.15, 0.2) is 17.7 Å². The van der Waals surface area contributed by atoms with Crippen molar-refractivity contribution in [1.82, 2.24) is 24.8 Å². The van der Waals surface area contributed by atoms with Gasteiger partial charge in [-0.2, -0.15) is 0 Å². The van der Waals surface area contributed by atoms with Gasteiger partial charge in [0.25, 0.3) is 5.67 Å². The van der Waals surface area contributed by atoms with Crippen LogP contribution in [0, 0.1) is 17.8 Å². The molecule has 0 saturated carbocycles. The number of hydrogen-bond acceptors (Lipinski definition) is 14. The fourth-order valence-electron chi connectivity index (χ4n) is 9.26. The number of aliphatic hydroxyl groups excluding tert-OH is 1. The summed E-state index contributed by atoms with van der Waals surface area (Å²) in [5, 5.41) is 19.8. The quantitative estimate of drug-likeness (QED) is 0.148. The number of nitrogens with two attached hydrogens (primary N) is 1. The van der Waals surface area contributed by atoms with Crippen molar-refractivity contribution < 1.29 is 52.4 Å². The Balaban J connectivity index is 1.48. The lowest BCUT2D eigenvalue weighted by Gasteiger charge is -2.47. The molecular formula is C43H63FN6O10. The van der Waals surface area contributed by atoms with Crippen molar-refractivity contribution in [3.8, 4) is 11.3 Å². The predicted octanol–water partition coefficient (Wildman–Crippen LogP) is 4.38. The van der Waals surface area contributed by atoms with Gasteiger partial charge in [0.1, 0.15) is 23.7 Å². The molecule has 3 aliphatic heterocycles. The number of rotatable bonds is 10. The number of ketones is 2. The number of ether oxygens (including phenoxy) is 5. The molecule has 1 amide bonds. The maximum atomic E-state index is 16.9. The van der Waals surface area contributed by atoms with E-state index in [-0.39, 0.29) is 37.3 Å². The molecule has 3 saturated heterocycles. The van der Waals surface area contributed by atoms with Crippen LogP contribution in [0.4, 0.5) is 14.9 Å². The minimum atomic E-state index is -3.20. The second kappa shape index (κ2) is 18.4. The monoisotopic (exact) mass is 842 g/mol. The standard InChI is InChI=1S/C43H63FN6O10/c1-12-32-43(8)35(50(40(55)60-43)19-14-13-18-49-23-30(46-47-49)28-16-15-17-29(45)21-28)26(4)33(51)24(2)22-41(6,56-11)37(27(5)36(53)42(7,44)39(54)58-32)59-38-34(52)31(48(9)10)20-25(3)57-38/h13-17,21,23-27,31-32,34-35,37-38,52H,12,18-20,22,45H2,1-11H3/b14-13-/t24-,25-,26+,27+,31?,32-,34?,35-,37-,38+,41-,42+,43-/m1/s1. The van der Waals surface area contributed by atoms with Crippen LogP contribution in [0.3, 0.4) is 0 Å². The van der Waals surface area contributed by atoms with E-state index in [0.29, 0.717) is 24.3 Å². The first-order valence-corrected chi connectivity index (χ1v) is 20.7. The lowest BCUT2D eigenvalue weighted by atomic mass is 9.73. The summed E-state index contributed by atoms with van der Waals surface area (Å²) in [6, 6.07) is 5.91. The lowest BCUT2D eigenvalue weighted by Crippen LogP contribution is -2.61. The number of carbonyl (C=O) groups excluding carboxylic acids is 4. The first kappa shape index (κ1) is 46.8. The van der Waals surface area contributed by atoms with Crippen LogP contribution in [-0.2, 0) is 44.6 Å². The highest BCUT2D eigenvalue weighted by atomic mass is 19.1. The summed E-state index contributed by atoms with van der Waals surface area (Å²) in [6.45, 7) is 12.7. The van der Waals surface area contributed by atoms with Crippen LogP contribution in [0.2, 0.25) is 0 Å². The molecule has 17 heteroatoms. The van der Waals surface area contributed by atoms with Crippen LogP contribution >= 0.6 is 0 Å². The number of esters is 1. The van der Waals surface area contributed by atoms with Crippen molar-refractivity contribution in [2.45, 2.75) is 141 Å². The summed E-state index contributed by atoms with van der Waals surface area (Å²) in [5.74, 6) is -5.96. The van der Waals surface area contributed by atoms with Crippen LogP contribution in [0.1, 0.15) is 74.7 Å². The summed E-state index contributed by atoms with van der Waals surface area (Å²) < 4.78 is 49.0. The number of anilines is 1. The van der Waals surface area contributed by atoms with Gasteiger partial charge >= 0.3 is 12.1 Å². The van der Waals surface area contributed by atoms with E-state index in [9.17, 15) is 24.3 Å². The van der Waals surface area contributed by atoms with Gasteiger partial charge in [-0.3, -0.25) is 14.5 Å². The molecule has 0 bridgehead atoms. The number of methoxy groups -OCH3 is 1. The molecule has 16 nitrogen and oxygen atoms in total. The molecule has 13 atom stereocenters. The maximum absolute atomic E-state index is 16.9. The smallest absolute Gasteiger partial charge is 0.411 e. The Morgan fingerprint density at radius 3 is 2.38 bits per heavy atom. The van der Waals surface area contributed by atoms with Crippen molar-refractivity contribution in [2.24, 2.45) is 17.8 Å². The normalized spacial score (nSPS) is 37.3. The van der Waals surface area contributed by atoms with Gasteiger partial charge in [-0.25, -0.2) is 18.7 Å². The number of nitrogen functional groups attached to an aromatic ring is 1. The maximum Gasteiger partial charge on any atom is 0.411 e. The average Bonchev–Trinajstić information content (AvgIpc) is 3.78. The molecule has 0 radical (unpaired) electrons.